The number of benzene rings is 6. The number of nitrogens with zero attached hydrogens (tertiary/aromatic N) is 5. The van der Waals surface area contributed by atoms with Crippen LogP contribution in [0.25, 0.3) is 72.6 Å². The molecule has 0 fully saturated rings. The van der Waals surface area contributed by atoms with Gasteiger partial charge in [-0.15, -0.1) is 0 Å². The maximum Gasteiger partial charge on any atom is 0.320 e. The highest BCUT2D eigenvalue weighted by atomic mass is 15.1. The van der Waals surface area contributed by atoms with Crippen molar-refractivity contribution in [3.05, 3.63) is 188 Å². The average molecular weight is 664 g/mol. The topological polar surface area (TPSA) is 54.8 Å². The van der Waals surface area contributed by atoms with E-state index in [1.807, 2.05) is 72.9 Å². The Hall–Kier alpha value is -6.92. The van der Waals surface area contributed by atoms with Gasteiger partial charge in [-0.2, -0.15) is 0 Å². The molecule has 2 aliphatic rings. The first-order valence-corrected chi connectivity index (χ1v) is 17.5. The Morgan fingerprint density at radius 2 is 1.08 bits per heavy atom. The lowest BCUT2D eigenvalue weighted by Crippen LogP contribution is -2.49. The zero-order chi connectivity index (χ0) is 34.4. The average Bonchev–Trinajstić information content (AvgIpc) is 3.24. The largest absolute Gasteiger partial charge is 0.381 e. The van der Waals surface area contributed by atoms with Gasteiger partial charge in [-0.3, -0.25) is 4.98 Å². The van der Waals surface area contributed by atoms with Crippen molar-refractivity contribution in [1.29, 1.82) is 0 Å². The third-order valence-corrected chi connectivity index (χ3v) is 9.95. The van der Waals surface area contributed by atoms with Crippen molar-refractivity contribution in [3.8, 4) is 56.2 Å². The van der Waals surface area contributed by atoms with E-state index in [1.54, 1.807) is 0 Å². The summed E-state index contributed by atoms with van der Waals surface area (Å²) in [6, 6.07) is 54.9. The number of rotatable bonds is 5. The molecule has 0 spiro atoms. The quantitative estimate of drug-likeness (QED) is 0.172. The first-order chi connectivity index (χ1) is 25.8. The zero-order valence-electron chi connectivity index (χ0n) is 28.1. The summed E-state index contributed by atoms with van der Waals surface area (Å²) >= 11 is 0. The number of pyridine rings is 1. The summed E-state index contributed by atoms with van der Waals surface area (Å²) in [6.07, 6.45) is 6.26. The molecule has 10 rings (SSSR count). The Morgan fingerprint density at radius 1 is 0.481 bits per heavy atom. The van der Waals surface area contributed by atoms with E-state index in [2.05, 4.69) is 114 Å². The molecular formula is C46H30BN5. The third kappa shape index (κ3) is 5.12. The van der Waals surface area contributed by atoms with Crippen molar-refractivity contribution in [2.75, 3.05) is 4.81 Å². The van der Waals surface area contributed by atoms with E-state index in [9.17, 15) is 0 Å². The van der Waals surface area contributed by atoms with Crippen molar-refractivity contribution in [2.24, 2.45) is 0 Å². The van der Waals surface area contributed by atoms with Crippen LogP contribution in [0.2, 0.25) is 0 Å². The summed E-state index contributed by atoms with van der Waals surface area (Å²) in [5.41, 5.74) is 13.2. The van der Waals surface area contributed by atoms with Gasteiger partial charge in [0, 0.05) is 40.0 Å². The molecule has 242 valence electrons. The van der Waals surface area contributed by atoms with E-state index in [-0.39, 0.29) is 6.85 Å². The van der Waals surface area contributed by atoms with Crippen LogP contribution in [0.1, 0.15) is 5.82 Å². The van der Waals surface area contributed by atoms with Crippen LogP contribution in [0.5, 0.6) is 0 Å². The van der Waals surface area contributed by atoms with Gasteiger partial charge in [0.05, 0.1) is 11.2 Å². The summed E-state index contributed by atoms with van der Waals surface area (Å²) in [5, 5.41) is 1.09. The number of hydrogen-bond acceptors (Lipinski definition) is 5. The maximum atomic E-state index is 5.08. The summed E-state index contributed by atoms with van der Waals surface area (Å²) in [4.78, 5) is 22.5. The van der Waals surface area contributed by atoms with Gasteiger partial charge < -0.3 is 4.81 Å². The van der Waals surface area contributed by atoms with Gasteiger partial charge in [-0.1, -0.05) is 158 Å². The smallest absolute Gasteiger partial charge is 0.320 e. The zero-order valence-corrected chi connectivity index (χ0v) is 28.1. The van der Waals surface area contributed by atoms with Gasteiger partial charge in [0.1, 0.15) is 0 Å². The molecule has 0 N–H and O–H groups in total. The minimum atomic E-state index is -0.0889. The van der Waals surface area contributed by atoms with E-state index in [0.717, 1.165) is 38.9 Å². The van der Waals surface area contributed by atoms with Gasteiger partial charge >= 0.3 is 6.85 Å². The van der Waals surface area contributed by atoms with Crippen LogP contribution in [-0.2, 0) is 0 Å². The van der Waals surface area contributed by atoms with Gasteiger partial charge in [0.25, 0.3) is 0 Å². The molecule has 0 amide bonds. The van der Waals surface area contributed by atoms with Crippen molar-refractivity contribution in [1.82, 2.24) is 19.9 Å². The molecule has 6 aromatic carbocycles. The second-order valence-corrected chi connectivity index (χ2v) is 13.1. The molecule has 0 bridgehead atoms. The van der Waals surface area contributed by atoms with Gasteiger partial charge in [0.15, 0.2) is 17.5 Å². The Labute approximate surface area is 302 Å². The molecule has 6 heteroatoms. The minimum Gasteiger partial charge on any atom is -0.381 e. The molecule has 0 radical (unpaired) electrons. The molecule has 5 nitrogen and oxygen atoms in total. The molecule has 0 saturated heterocycles. The number of fused-ring (bicyclic) bond motifs is 8. The fourth-order valence-electron chi connectivity index (χ4n) is 7.52. The van der Waals surface area contributed by atoms with Crippen LogP contribution < -0.4 is 10.3 Å². The molecule has 2 aliphatic heterocycles. The van der Waals surface area contributed by atoms with Crippen molar-refractivity contribution in [3.63, 3.8) is 0 Å². The van der Waals surface area contributed by atoms with Crippen LogP contribution in [-0.4, -0.2) is 26.8 Å². The molecule has 0 atom stereocenters. The molecule has 2 aromatic heterocycles. The molecule has 0 unspecified atom stereocenters. The molecule has 4 heterocycles. The Morgan fingerprint density at radius 3 is 1.73 bits per heavy atom. The normalized spacial score (nSPS) is 13.0. The highest BCUT2D eigenvalue weighted by molar-refractivity contribution is 6.84. The first kappa shape index (κ1) is 30.0. The minimum absolute atomic E-state index is 0.0889. The summed E-state index contributed by atoms with van der Waals surface area (Å²) in [7, 11) is 0. The SMILES string of the molecule is C1=CC(c2nc(-c3ccccc3)nc(-c3ccccc3)n2)=CN2B1c1cc(-c3ccccc3)cc(-c3ccccc3)c1-c1ccc3cccnc3c12. The second kappa shape index (κ2) is 12.4. The summed E-state index contributed by atoms with van der Waals surface area (Å²) in [5.74, 6) is 4.18. The molecule has 8 aromatic rings. The van der Waals surface area contributed by atoms with E-state index < -0.39 is 0 Å². The van der Waals surface area contributed by atoms with Crippen LogP contribution in [0, 0.1) is 0 Å². The predicted molar refractivity (Wildman–Crippen MR) is 214 cm³/mol. The molecule has 0 aliphatic carbocycles. The number of allylic oxidation sites excluding steroid dienone is 2. The van der Waals surface area contributed by atoms with E-state index >= 15 is 0 Å². The lowest BCUT2D eigenvalue weighted by molar-refractivity contribution is 1.04. The van der Waals surface area contributed by atoms with Crippen LogP contribution in [0.15, 0.2) is 182 Å². The van der Waals surface area contributed by atoms with Crippen molar-refractivity contribution in [2.45, 2.75) is 0 Å². The van der Waals surface area contributed by atoms with E-state index in [4.69, 9.17) is 19.9 Å². The fourth-order valence-corrected chi connectivity index (χ4v) is 7.52. The van der Waals surface area contributed by atoms with Crippen LogP contribution >= 0.6 is 0 Å². The monoisotopic (exact) mass is 663 g/mol. The highest BCUT2D eigenvalue weighted by Crippen LogP contribution is 2.46. The third-order valence-electron chi connectivity index (χ3n) is 9.95. The first-order valence-electron chi connectivity index (χ1n) is 17.5. The Balaban J connectivity index is 1.22. The van der Waals surface area contributed by atoms with E-state index in [0.29, 0.717) is 17.5 Å². The fraction of sp³-hybridized carbons (Fsp3) is 0. The van der Waals surface area contributed by atoms with Crippen molar-refractivity contribution >= 4 is 34.5 Å². The van der Waals surface area contributed by atoms with Crippen molar-refractivity contribution < 1.29 is 0 Å². The predicted octanol–water partition coefficient (Wildman–Crippen LogP) is 9.92. The number of anilines is 1. The summed E-state index contributed by atoms with van der Waals surface area (Å²) in [6.45, 7) is -0.0889. The van der Waals surface area contributed by atoms with E-state index in [1.165, 1.54) is 33.3 Å². The van der Waals surface area contributed by atoms with Gasteiger partial charge in [-0.05, 0) is 45.4 Å². The molecule has 0 saturated carbocycles. The van der Waals surface area contributed by atoms with Crippen LogP contribution in [0.3, 0.4) is 0 Å². The number of aromatic nitrogens is 4. The molecule has 52 heavy (non-hydrogen) atoms. The lowest BCUT2D eigenvalue weighted by Gasteiger charge is -2.38. The standard InChI is InChI=1S/C46H30BN5/c1-5-14-31(15-6-1)37-28-39(32-16-7-2-8-17-32)41-38-24-23-33-22-13-27-48-42(33)43(38)52-30-36(25-26-47(52)40(41)29-37)46-50-44(34-18-9-3-10-19-34)49-45(51-46)35-20-11-4-12-21-35/h1-30H. The Bertz CT molecular complexity index is 2620. The second-order valence-electron chi connectivity index (χ2n) is 13.1. The maximum absolute atomic E-state index is 5.08. The molecular weight excluding hydrogens is 633 g/mol. The highest BCUT2D eigenvalue weighted by Gasteiger charge is 2.38. The lowest BCUT2D eigenvalue weighted by atomic mass is 9.48. The van der Waals surface area contributed by atoms with Gasteiger partial charge in [0.2, 0.25) is 0 Å². The number of hydrogen-bond donors (Lipinski definition) is 0. The summed E-state index contributed by atoms with van der Waals surface area (Å²) < 4.78 is 0. The Kier molecular flexibility index (Phi) is 7.17. The van der Waals surface area contributed by atoms with Crippen LogP contribution in [0.4, 0.5) is 5.69 Å². The van der Waals surface area contributed by atoms with Gasteiger partial charge in [-0.25, -0.2) is 15.0 Å².